The average Bonchev–Trinajstić information content (AvgIpc) is 2.55. The molecule has 23 heavy (non-hydrogen) atoms. The van der Waals surface area contributed by atoms with Crippen LogP contribution < -0.4 is 9.64 Å². The predicted octanol–water partition coefficient (Wildman–Crippen LogP) is 4.03. The van der Waals surface area contributed by atoms with Crippen molar-refractivity contribution < 1.29 is 17.9 Å². The average molecular weight is 323 g/mol. The highest BCUT2D eigenvalue weighted by Crippen LogP contribution is 2.26. The lowest BCUT2D eigenvalue weighted by atomic mass is 10.1. The fourth-order valence-electron chi connectivity index (χ4n) is 2.58. The molecule has 7 heteroatoms. The van der Waals surface area contributed by atoms with Gasteiger partial charge in [-0.25, -0.2) is 9.97 Å². The number of aromatic nitrogens is 2. The van der Waals surface area contributed by atoms with E-state index < -0.39 is 6.36 Å². The molecule has 0 bridgehead atoms. The van der Waals surface area contributed by atoms with Gasteiger partial charge in [0, 0.05) is 31.0 Å². The first-order valence-electron chi connectivity index (χ1n) is 7.44. The highest BCUT2D eigenvalue weighted by atomic mass is 19.4. The molecule has 1 aromatic heterocycles. The van der Waals surface area contributed by atoms with E-state index in [1.54, 1.807) is 24.5 Å². The van der Waals surface area contributed by atoms with Crippen LogP contribution in [0.5, 0.6) is 5.75 Å². The van der Waals surface area contributed by atoms with Crippen molar-refractivity contribution in [2.75, 3.05) is 18.0 Å². The second-order valence-electron chi connectivity index (χ2n) is 5.39. The molecule has 1 aromatic carbocycles. The zero-order valence-corrected chi connectivity index (χ0v) is 12.4. The number of hydrogen-bond acceptors (Lipinski definition) is 4. The smallest absolute Gasteiger partial charge is 0.406 e. The third-order valence-corrected chi connectivity index (χ3v) is 3.70. The first-order valence-corrected chi connectivity index (χ1v) is 7.44. The van der Waals surface area contributed by atoms with Crippen molar-refractivity contribution in [2.24, 2.45) is 0 Å². The molecule has 1 fully saturated rings. The lowest BCUT2D eigenvalue weighted by Crippen LogP contribution is -2.30. The van der Waals surface area contributed by atoms with Gasteiger partial charge in [-0.2, -0.15) is 0 Å². The number of anilines is 1. The Bertz CT molecular complexity index is 635. The third-order valence-electron chi connectivity index (χ3n) is 3.70. The quantitative estimate of drug-likeness (QED) is 0.855. The van der Waals surface area contributed by atoms with Gasteiger partial charge in [0.2, 0.25) is 5.95 Å². The molecular formula is C16H16F3N3O. The molecule has 0 radical (unpaired) electrons. The predicted molar refractivity (Wildman–Crippen MR) is 80.2 cm³/mol. The second-order valence-corrected chi connectivity index (χ2v) is 5.39. The van der Waals surface area contributed by atoms with Crippen molar-refractivity contribution in [3.63, 3.8) is 0 Å². The molecule has 0 aliphatic carbocycles. The van der Waals surface area contributed by atoms with Crippen LogP contribution in [0.1, 0.15) is 19.3 Å². The SMILES string of the molecule is FC(F)(F)Oc1ccc(-c2cnc(N3CCCCC3)nc2)cc1. The first-order chi connectivity index (χ1) is 11.0. The molecule has 1 saturated heterocycles. The van der Waals surface area contributed by atoms with E-state index in [1.807, 2.05) is 0 Å². The summed E-state index contributed by atoms with van der Waals surface area (Å²) in [6.45, 7) is 1.92. The van der Waals surface area contributed by atoms with Gasteiger partial charge < -0.3 is 9.64 Å². The molecule has 0 N–H and O–H groups in total. The summed E-state index contributed by atoms with van der Waals surface area (Å²) in [5.41, 5.74) is 1.49. The maximum Gasteiger partial charge on any atom is 0.573 e. The van der Waals surface area contributed by atoms with Crippen LogP contribution in [0.15, 0.2) is 36.7 Å². The molecule has 1 aliphatic heterocycles. The van der Waals surface area contributed by atoms with Crippen molar-refractivity contribution in [3.8, 4) is 16.9 Å². The molecule has 0 saturated carbocycles. The molecule has 0 atom stereocenters. The van der Waals surface area contributed by atoms with Crippen LogP contribution in [0, 0.1) is 0 Å². The number of benzene rings is 1. The van der Waals surface area contributed by atoms with Crippen LogP contribution in [-0.2, 0) is 0 Å². The fraction of sp³-hybridized carbons (Fsp3) is 0.375. The summed E-state index contributed by atoms with van der Waals surface area (Å²) in [5.74, 6) is 0.456. The van der Waals surface area contributed by atoms with Gasteiger partial charge in [-0.3, -0.25) is 0 Å². The zero-order chi connectivity index (χ0) is 16.3. The van der Waals surface area contributed by atoms with E-state index in [9.17, 15) is 13.2 Å². The highest BCUT2D eigenvalue weighted by molar-refractivity contribution is 5.62. The summed E-state index contributed by atoms with van der Waals surface area (Å²) >= 11 is 0. The summed E-state index contributed by atoms with van der Waals surface area (Å²) in [6.07, 6.45) is 2.23. The number of rotatable bonds is 3. The van der Waals surface area contributed by atoms with E-state index in [0.717, 1.165) is 37.1 Å². The van der Waals surface area contributed by atoms with E-state index in [-0.39, 0.29) is 5.75 Å². The second kappa shape index (κ2) is 6.44. The normalized spacial score (nSPS) is 15.5. The molecule has 1 aliphatic rings. The Balaban J connectivity index is 1.71. The minimum atomic E-state index is -4.68. The van der Waals surface area contributed by atoms with E-state index in [0.29, 0.717) is 5.95 Å². The van der Waals surface area contributed by atoms with Crippen molar-refractivity contribution in [3.05, 3.63) is 36.7 Å². The van der Waals surface area contributed by atoms with Gasteiger partial charge >= 0.3 is 6.36 Å². The van der Waals surface area contributed by atoms with E-state index in [4.69, 9.17) is 0 Å². The van der Waals surface area contributed by atoms with Crippen molar-refractivity contribution in [1.29, 1.82) is 0 Å². The monoisotopic (exact) mass is 323 g/mol. The van der Waals surface area contributed by atoms with E-state index >= 15 is 0 Å². The van der Waals surface area contributed by atoms with Gasteiger partial charge in [0.15, 0.2) is 0 Å². The van der Waals surface area contributed by atoms with Crippen LogP contribution >= 0.6 is 0 Å². The summed E-state index contributed by atoms with van der Waals surface area (Å²) < 4.78 is 40.3. The summed E-state index contributed by atoms with van der Waals surface area (Å²) in [6, 6.07) is 5.67. The lowest BCUT2D eigenvalue weighted by molar-refractivity contribution is -0.274. The number of nitrogens with zero attached hydrogens (tertiary/aromatic N) is 3. The fourth-order valence-corrected chi connectivity index (χ4v) is 2.58. The van der Waals surface area contributed by atoms with Crippen molar-refractivity contribution in [1.82, 2.24) is 9.97 Å². The van der Waals surface area contributed by atoms with E-state index in [1.165, 1.54) is 18.6 Å². The molecule has 2 aromatic rings. The van der Waals surface area contributed by atoms with Gasteiger partial charge in [-0.1, -0.05) is 12.1 Å². The molecule has 0 amide bonds. The molecule has 2 heterocycles. The van der Waals surface area contributed by atoms with Crippen LogP contribution in [0.2, 0.25) is 0 Å². The zero-order valence-electron chi connectivity index (χ0n) is 12.4. The Morgan fingerprint density at radius 2 is 1.48 bits per heavy atom. The Kier molecular flexibility index (Phi) is 4.36. The molecule has 3 rings (SSSR count). The minimum Gasteiger partial charge on any atom is -0.406 e. The van der Waals surface area contributed by atoms with Crippen LogP contribution in [0.4, 0.5) is 19.1 Å². The molecule has 122 valence electrons. The number of alkyl halides is 3. The van der Waals surface area contributed by atoms with Crippen LogP contribution in [-0.4, -0.2) is 29.4 Å². The van der Waals surface area contributed by atoms with Gasteiger partial charge in [0.25, 0.3) is 0 Å². The molecule has 4 nitrogen and oxygen atoms in total. The number of hydrogen-bond donors (Lipinski definition) is 0. The standard InChI is InChI=1S/C16H16F3N3O/c17-16(18,19)23-14-6-4-12(5-7-14)13-10-20-15(21-11-13)22-8-2-1-3-9-22/h4-7,10-11H,1-3,8-9H2. The topological polar surface area (TPSA) is 38.2 Å². The summed E-state index contributed by atoms with van der Waals surface area (Å²) in [4.78, 5) is 10.9. The molecule has 0 spiro atoms. The lowest BCUT2D eigenvalue weighted by Gasteiger charge is -2.26. The van der Waals surface area contributed by atoms with Crippen LogP contribution in [0.25, 0.3) is 11.1 Å². The summed E-state index contributed by atoms with van der Waals surface area (Å²) in [5, 5.41) is 0. The molecular weight excluding hydrogens is 307 g/mol. The van der Waals surface area contributed by atoms with Crippen LogP contribution in [0.3, 0.4) is 0 Å². The Hall–Kier alpha value is -2.31. The number of halogens is 3. The van der Waals surface area contributed by atoms with Gasteiger partial charge in [0.1, 0.15) is 5.75 Å². The minimum absolute atomic E-state index is 0.243. The Morgan fingerprint density at radius 3 is 2.04 bits per heavy atom. The van der Waals surface area contributed by atoms with Crippen molar-refractivity contribution >= 4 is 5.95 Å². The number of piperidine rings is 1. The molecule has 0 unspecified atom stereocenters. The highest BCUT2D eigenvalue weighted by Gasteiger charge is 2.30. The Morgan fingerprint density at radius 1 is 0.870 bits per heavy atom. The van der Waals surface area contributed by atoms with Crippen molar-refractivity contribution in [2.45, 2.75) is 25.6 Å². The number of ether oxygens (including phenoxy) is 1. The largest absolute Gasteiger partial charge is 0.573 e. The maximum atomic E-state index is 12.1. The first kappa shape index (κ1) is 15.6. The Labute approximate surface area is 131 Å². The van der Waals surface area contributed by atoms with Gasteiger partial charge in [-0.15, -0.1) is 13.2 Å². The summed E-state index contributed by atoms with van der Waals surface area (Å²) in [7, 11) is 0. The van der Waals surface area contributed by atoms with E-state index in [2.05, 4.69) is 19.6 Å². The van der Waals surface area contributed by atoms with Gasteiger partial charge in [-0.05, 0) is 37.0 Å². The maximum absolute atomic E-state index is 12.1. The third kappa shape index (κ3) is 4.12. The van der Waals surface area contributed by atoms with Gasteiger partial charge in [0.05, 0.1) is 0 Å².